The molecule has 0 aromatic heterocycles. The first-order valence-corrected chi connectivity index (χ1v) is 11.3. The van der Waals surface area contributed by atoms with Gasteiger partial charge in [0.15, 0.2) is 0 Å². The van der Waals surface area contributed by atoms with Crippen molar-refractivity contribution in [1.29, 1.82) is 0 Å². The van der Waals surface area contributed by atoms with E-state index in [1.807, 2.05) is 12.1 Å². The molecule has 166 valence electrons. The molecule has 1 aliphatic carbocycles. The quantitative estimate of drug-likeness (QED) is 0.174. The lowest BCUT2D eigenvalue weighted by Gasteiger charge is -2.24. The summed E-state index contributed by atoms with van der Waals surface area (Å²) in [6.45, 7) is 6.76. The zero-order chi connectivity index (χ0) is 21.6. The van der Waals surface area contributed by atoms with Crippen molar-refractivity contribution in [3.8, 4) is 11.5 Å². The van der Waals surface area contributed by atoms with Gasteiger partial charge in [-0.1, -0.05) is 39.2 Å². The third kappa shape index (κ3) is 9.47. The summed E-state index contributed by atoms with van der Waals surface area (Å²) in [6.07, 6.45) is 11.6. The summed E-state index contributed by atoms with van der Waals surface area (Å²) in [5.41, 5.74) is 0. The fraction of sp³-hybridized carbons (Fsp3) is 0.600. The SMILES string of the molecule is C=CC(=O)OCCCCCCCCOc1ccc(OC(=O)[C@H]2CC[C@H](C)CC2)cc1. The Balaban J connectivity index is 1.51. The number of hydrogen-bond donors (Lipinski definition) is 0. The first kappa shape index (κ1) is 24.0. The fourth-order valence-electron chi connectivity index (χ4n) is 3.63. The lowest BCUT2D eigenvalue weighted by atomic mass is 9.83. The molecule has 0 amide bonds. The number of esters is 2. The third-order valence-electron chi connectivity index (χ3n) is 5.61. The van der Waals surface area contributed by atoms with Crippen molar-refractivity contribution < 1.29 is 23.8 Å². The van der Waals surface area contributed by atoms with Crippen molar-refractivity contribution in [3.05, 3.63) is 36.9 Å². The van der Waals surface area contributed by atoms with Crippen molar-refractivity contribution in [2.75, 3.05) is 13.2 Å². The summed E-state index contributed by atoms with van der Waals surface area (Å²) >= 11 is 0. The van der Waals surface area contributed by atoms with Crippen molar-refractivity contribution >= 4 is 11.9 Å². The summed E-state index contributed by atoms with van der Waals surface area (Å²) < 4.78 is 16.2. The monoisotopic (exact) mass is 416 g/mol. The maximum atomic E-state index is 12.3. The van der Waals surface area contributed by atoms with Crippen LogP contribution in [0.5, 0.6) is 11.5 Å². The maximum absolute atomic E-state index is 12.3. The lowest BCUT2D eigenvalue weighted by Crippen LogP contribution is -2.24. The molecule has 0 aliphatic heterocycles. The molecule has 0 bridgehead atoms. The molecule has 1 aliphatic rings. The Labute approximate surface area is 180 Å². The number of unbranched alkanes of at least 4 members (excludes halogenated alkanes) is 5. The lowest BCUT2D eigenvalue weighted by molar-refractivity contribution is -0.140. The van der Waals surface area contributed by atoms with Gasteiger partial charge in [0.1, 0.15) is 11.5 Å². The van der Waals surface area contributed by atoms with E-state index < -0.39 is 0 Å². The minimum Gasteiger partial charge on any atom is -0.494 e. The molecule has 1 fully saturated rings. The number of carbonyl (C=O) groups excluding carboxylic acids is 2. The van der Waals surface area contributed by atoms with Crippen LogP contribution in [0.3, 0.4) is 0 Å². The van der Waals surface area contributed by atoms with Gasteiger partial charge in [0.2, 0.25) is 0 Å². The minimum atomic E-state index is -0.350. The van der Waals surface area contributed by atoms with Crippen LogP contribution in [0.1, 0.15) is 71.1 Å². The van der Waals surface area contributed by atoms with Gasteiger partial charge in [-0.25, -0.2) is 4.79 Å². The first-order chi connectivity index (χ1) is 14.6. The standard InChI is InChI=1S/C25H36O5/c1-3-24(26)29-19-9-7-5-4-6-8-18-28-22-14-16-23(17-15-22)30-25(27)21-12-10-20(2)11-13-21/h3,14-17,20-21H,1,4-13,18-19H2,2H3/t20-,21-. The van der Waals surface area contributed by atoms with Crippen LogP contribution >= 0.6 is 0 Å². The van der Waals surface area contributed by atoms with Crippen molar-refractivity contribution in [3.63, 3.8) is 0 Å². The van der Waals surface area contributed by atoms with E-state index in [9.17, 15) is 9.59 Å². The van der Waals surface area contributed by atoms with Crippen LogP contribution in [0.25, 0.3) is 0 Å². The summed E-state index contributed by atoms with van der Waals surface area (Å²) in [7, 11) is 0. The topological polar surface area (TPSA) is 61.8 Å². The predicted octanol–water partition coefficient (Wildman–Crippen LogP) is 5.87. The zero-order valence-corrected chi connectivity index (χ0v) is 18.3. The minimum absolute atomic E-state index is 0.0410. The highest BCUT2D eigenvalue weighted by Gasteiger charge is 2.25. The van der Waals surface area contributed by atoms with Crippen LogP contribution in [-0.2, 0) is 14.3 Å². The molecule has 1 aromatic carbocycles. The molecule has 0 heterocycles. The summed E-state index contributed by atoms with van der Waals surface area (Å²) in [5.74, 6) is 1.69. The Kier molecular flexibility index (Phi) is 11.1. The summed E-state index contributed by atoms with van der Waals surface area (Å²) in [6, 6.07) is 7.32. The Morgan fingerprint density at radius 2 is 1.47 bits per heavy atom. The molecule has 30 heavy (non-hydrogen) atoms. The second-order valence-corrected chi connectivity index (χ2v) is 8.19. The Hall–Kier alpha value is -2.30. The normalized spacial score (nSPS) is 18.4. The van der Waals surface area contributed by atoms with Crippen molar-refractivity contribution in [1.82, 2.24) is 0 Å². The highest BCUT2D eigenvalue weighted by molar-refractivity contribution is 5.81. The molecule has 1 saturated carbocycles. The first-order valence-electron chi connectivity index (χ1n) is 11.3. The van der Waals surface area contributed by atoms with Gasteiger partial charge in [-0.15, -0.1) is 0 Å². The van der Waals surface area contributed by atoms with Crippen LogP contribution in [0, 0.1) is 11.8 Å². The second-order valence-electron chi connectivity index (χ2n) is 8.19. The van der Waals surface area contributed by atoms with Crippen LogP contribution in [-0.4, -0.2) is 25.2 Å². The number of rotatable bonds is 13. The highest BCUT2D eigenvalue weighted by atomic mass is 16.5. The van der Waals surface area contributed by atoms with Crippen LogP contribution in [0.4, 0.5) is 0 Å². The summed E-state index contributed by atoms with van der Waals surface area (Å²) in [4.78, 5) is 23.2. The average molecular weight is 417 g/mol. The Morgan fingerprint density at radius 1 is 0.900 bits per heavy atom. The number of benzene rings is 1. The Bertz CT molecular complexity index is 644. The van der Waals surface area contributed by atoms with Gasteiger partial charge in [-0.05, 0) is 68.7 Å². The van der Waals surface area contributed by atoms with Crippen LogP contribution < -0.4 is 9.47 Å². The zero-order valence-electron chi connectivity index (χ0n) is 18.3. The second kappa shape index (κ2) is 13.8. The van der Waals surface area contributed by atoms with Gasteiger partial charge in [-0.3, -0.25) is 4.79 Å². The van der Waals surface area contributed by atoms with Gasteiger partial charge in [0, 0.05) is 6.08 Å². The molecule has 0 N–H and O–H groups in total. The number of hydrogen-bond acceptors (Lipinski definition) is 5. The maximum Gasteiger partial charge on any atom is 0.330 e. The average Bonchev–Trinajstić information content (AvgIpc) is 2.76. The molecule has 0 radical (unpaired) electrons. The van der Waals surface area contributed by atoms with Gasteiger partial charge in [0.25, 0.3) is 0 Å². The molecular weight excluding hydrogens is 380 g/mol. The van der Waals surface area contributed by atoms with Crippen molar-refractivity contribution in [2.24, 2.45) is 11.8 Å². The molecule has 0 saturated heterocycles. The van der Waals surface area contributed by atoms with E-state index in [4.69, 9.17) is 14.2 Å². The van der Waals surface area contributed by atoms with Gasteiger partial charge in [-0.2, -0.15) is 0 Å². The van der Waals surface area contributed by atoms with Crippen molar-refractivity contribution in [2.45, 2.75) is 71.1 Å². The molecule has 0 atom stereocenters. The molecule has 1 aromatic rings. The fourth-order valence-corrected chi connectivity index (χ4v) is 3.63. The van der Waals surface area contributed by atoms with E-state index in [1.165, 1.54) is 6.08 Å². The number of ether oxygens (including phenoxy) is 3. The van der Waals surface area contributed by atoms with E-state index in [2.05, 4.69) is 13.5 Å². The molecule has 0 spiro atoms. The largest absolute Gasteiger partial charge is 0.494 e. The van der Waals surface area contributed by atoms with Gasteiger partial charge in [0.05, 0.1) is 19.1 Å². The Morgan fingerprint density at radius 3 is 2.10 bits per heavy atom. The predicted molar refractivity (Wildman–Crippen MR) is 118 cm³/mol. The van der Waals surface area contributed by atoms with E-state index in [1.54, 1.807) is 12.1 Å². The molecule has 2 rings (SSSR count). The van der Waals surface area contributed by atoms with Gasteiger partial charge < -0.3 is 14.2 Å². The van der Waals surface area contributed by atoms with Crippen LogP contribution in [0.2, 0.25) is 0 Å². The molecular formula is C25H36O5. The third-order valence-corrected chi connectivity index (χ3v) is 5.61. The molecule has 5 heteroatoms. The van der Waals surface area contributed by atoms with E-state index in [-0.39, 0.29) is 17.9 Å². The molecule has 0 unspecified atom stereocenters. The highest BCUT2D eigenvalue weighted by Crippen LogP contribution is 2.29. The molecule has 5 nitrogen and oxygen atoms in total. The summed E-state index contributed by atoms with van der Waals surface area (Å²) in [5, 5.41) is 0. The van der Waals surface area contributed by atoms with E-state index in [0.29, 0.717) is 19.0 Å². The smallest absolute Gasteiger partial charge is 0.330 e. The van der Waals surface area contributed by atoms with Crippen LogP contribution in [0.15, 0.2) is 36.9 Å². The van der Waals surface area contributed by atoms with Gasteiger partial charge >= 0.3 is 11.9 Å². The van der Waals surface area contributed by atoms with E-state index >= 15 is 0 Å². The van der Waals surface area contributed by atoms with E-state index in [0.717, 1.165) is 75.9 Å². The number of carbonyl (C=O) groups is 2.